The number of aromatic nitrogens is 11. The van der Waals surface area contributed by atoms with Crippen LogP contribution in [0.4, 0.5) is 4.79 Å². The first-order valence-corrected chi connectivity index (χ1v) is 18.8. The van der Waals surface area contributed by atoms with Crippen molar-refractivity contribution in [3.8, 4) is 0 Å². The van der Waals surface area contributed by atoms with Gasteiger partial charge in [0.25, 0.3) is 0 Å². The topological polar surface area (TPSA) is 185 Å². The minimum atomic E-state index is -0.666. The van der Waals surface area contributed by atoms with Gasteiger partial charge in [0.1, 0.15) is 28.7 Å². The summed E-state index contributed by atoms with van der Waals surface area (Å²) < 4.78 is 15.9. The van der Waals surface area contributed by atoms with Gasteiger partial charge in [-0.15, -0.1) is 15.3 Å². The van der Waals surface area contributed by atoms with Crippen LogP contribution >= 0.6 is 0 Å². The average molecular weight is 741 g/mol. The summed E-state index contributed by atoms with van der Waals surface area (Å²) in [7, 11) is 1.39. The number of aromatic amines is 1. The summed E-state index contributed by atoms with van der Waals surface area (Å²) in [4.78, 5) is 33.2. The van der Waals surface area contributed by atoms with Crippen molar-refractivity contribution in [2.24, 2.45) is 11.8 Å². The van der Waals surface area contributed by atoms with Crippen molar-refractivity contribution in [3.63, 3.8) is 0 Å². The summed E-state index contributed by atoms with van der Waals surface area (Å²) >= 11 is 0. The molecule has 1 amide bonds. The van der Waals surface area contributed by atoms with Crippen molar-refractivity contribution >= 4 is 12.1 Å². The summed E-state index contributed by atoms with van der Waals surface area (Å²) in [6, 6.07) is 8.10. The van der Waals surface area contributed by atoms with Gasteiger partial charge in [0.2, 0.25) is 0 Å². The number of amides is 1. The number of carbonyl (C=O) groups excluding carboxylic acids is 2. The van der Waals surface area contributed by atoms with Crippen LogP contribution in [0.2, 0.25) is 0 Å². The number of hydrogen-bond acceptors (Lipinski definition) is 11. The number of nitrogens with zero attached hydrogens (tertiary/aromatic N) is 10. The molecular formula is C38H52N12O4. The van der Waals surface area contributed by atoms with Crippen LogP contribution in [0.5, 0.6) is 0 Å². The lowest BCUT2D eigenvalue weighted by Gasteiger charge is -2.25. The Morgan fingerprint density at radius 1 is 0.870 bits per heavy atom. The van der Waals surface area contributed by atoms with Crippen LogP contribution < -0.4 is 5.32 Å². The van der Waals surface area contributed by atoms with Gasteiger partial charge in [-0.05, 0) is 51.0 Å². The quantitative estimate of drug-likeness (QED) is 0.124. The number of alkyl carbamates (subject to hydrolysis) is 1. The molecule has 4 aromatic heterocycles. The highest BCUT2D eigenvalue weighted by Gasteiger charge is 2.32. The molecule has 4 atom stereocenters. The van der Waals surface area contributed by atoms with Crippen LogP contribution in [-0.4, -0.2) is 79.7 Å². The average Bonchev–Trinajstić information content (AvgIpc) is 3.98. The number of nitrogens with one attached hydrogen (secondary N) is 2. The third-order valence-electron chi connectivity index (χ3n) is 9.84. The molecule has 1 fully saturated rings. The van der Waals surface area contributed by atoms with Crippen molar-refractivity contribution in [2.45, 2.75) is 116 Å². The van der Waals surface area contributed by atoms with Gasteiger partial charge in [0.05, 0.1) is 44.1 Å². The highest BCUT2D eigenvalue weighted by Crippen LogP contribution is 2.34. The predicted molar refractivity (Wildman–Crippen MR) is 198 cm³/mol. The second-order valence-electron chi connectivity index (χ2n) is 15.5. The van der Waals surface area contributed by atoms with Gasteiger partial charge in [0, 0.05) is 18.3 Å². The molecule has 2 N–H and O–H groups in total. The van der Waals surface area contributed by atoms with Crippen LogP contribution in [0, 0.1) is 11.8 Å². The van der Waals surface area contributed by atoms with E-state index < -0.39 is 29.8 Å². The SMILES string of the molecule is COC(=O)[C@H](C(C)C)n1cc([C@H](CC2CCCCC2)n2cc([C@H](Cc3cnc[nH]3)n3cc([C@H](Cc4ccccc4)NC(=O)OC(C)(C)C)nn3)nn2)nn1. The smallest absolute Gasteiger partial charge is 0.408 e. The number of benzene rings is 1. The molecule has 0 saturated heterocycles. The molecule has 4 heterocycles. The van der Waals surface area contributed by atoms with Gasteiger partial charge in [-0.2, -0.15) is 0 Å². The molecule has 0 aliphatic heterocycles. The van der Waals surface area contributed by atoms with E-state index in [0.717, 1.165) is 30.5 Å². The first kappa shape index (κ1) is 38.3. The largest absolute Gasteiger partial charge is 0.467 e. The van der Waals surface area contributed by atoms with Gasteiger partial charge < -0.3 is 19.8 Å². The Hall–Kier alpha value is -5.41. The monoisotopic (exact) mass is 740 g/mol. The second kappa shape index (κ2) is 17.2. The second-order valence-corrected chi connectivity index (χ2v) is 15.5. The predicted octanol–water partition coefficient (Wildman–Crippen LogP) is 5.75. The Balaban J connectivity index is 1.33. The zero-order valence-electron chi connectivity index (χ0n) is 32.0. The summed E-state index contributed by atoms with van der Waals surface area (Å²) in [6.45, 7) is 9.40. The fourth-order valence-electron chi connectivity index (χ4n) is 7.15. The zero-order chi connectivity index (χ0) is 38.2. The molecule has 0 spiro atoms. The Kier molecular flexibility index (Phi) is 12.2. The maximum Gasteiger partial charge on any atom is 0.408 e. The summed E-state index contributed by atoms with van der Waals surface area (Å²) in [6.07, 6.45) is 16.2. The van der Waals surface area contributed by atoms with Crippen LogP contribution in [-0.2, 0) is 27.1 Å². The van der Waals surface area contributed by atoms with Crippen molar-refractivity contribution in [1.82, 2.24) is 60.3 Å². The minimum Gasteiger partial charge on any atom is -0.467 e. The standard InChI is InChI=1S/C38H52N12O4/c1-25(2)35(36(51)53-6)50-23-32(44-47-50)33(18-27-15-11-8-12-16-27)49-22-31(43-46-49)34(19-28-20-39-24-40-28)48-21-30(42-45-48)29(17-26-13-9-7-10-14-26)41-37(52)54-38(3,4)5/h7,9-10,13-14,20-25,27,29,33-35H,8,11-12,15-19H2,1-6H3,(H,39,40)(H,41,52)/t29-,33-,34-,35-/m0/s1. The zero-order valence-corrected chi connectivity index (χ0v) is 32.0. The number of ether oxygens (including phenoxy) is 2. The number of hydrogen-bond donors (Lipinski definition) is 2. The van der Waals surface area contributed by atoms with Crippen LogP contribution in [0.15, 0.2) is 61.4 Å². The molecule has 1 aromatic carbocycles. The molecule has 5 aromatic rings. The number of methoxy groups -OCH3 is 1. The van der Waals surface area contributed by atoms with E-state index in [4.69, 9.17) is 14.6 Å². The van der Waals surface area contributed by atoms with E-state index in [1.165, 1.54) is 26.4 Å². The Morgan fingerprint density at radius 2 is 1.50 bits per heavy atom. The van der Waals surface area contributed by atoms with Crippen molar-refractivity contribution in [3.05, 3.63) is 89.8 Å². The van der Waals surface area contributed by atoms with Gasteiger partial charge in [-0.3, -0.25) is 0 Å². The number of imidazole rings is 1. The lowest BCUT2D eigenvalue weighted by Crippen LogP contribution is -2.36. The van der Waals surface area contributed by atoms with E-state index in [1.807, 2.05) is 88.2 Å². The van der Waals surface area contributed by atoms with Crippen LogP contribution in [0.3, 0.4) is 0 Å². The Morgan fingerprint density at radius 3 is 2.15 bits per heavy atom. The third-order valence-corrected chi connectivity index (χ3v) is 9.84. The number of rotatable bonds is 15. The fraction of sp³-hybridized carbons (Fsp3) is 0.553. The molecule has 0 radical (unpaired) electrons. The molecule has 16 nitrogen and oxygen atoms in total. The molecule has 1 aliphatic carbocycles. The van der Waals surface area contributed by atoms with Crippen LogP contribution in [0.1, 0.15) is 126 Å². The summed E-state index contributed by atoms with van der Waals surface area (Å²) in [5.41, 5.74) is 3.18. The van der Waals surface area contributed by atoms with E-state index in [0.29, 0.717) is 35.8 Å². The first-order valence-electron chi connectivity index (χ1n) is 18.8. The fourth-order valence-corrected chi connectivity index (χ4v) is 7.15. The van der Waals surface area contributed by atoms with E-state index >= 15 is 0 Å². The number of esters is 1. The molecule has 1 saturated carbocycles. The molecule has 6 rings (SSSR count). The first-order chi connectivity index (χ1) is 26.0. The lowest BCUT2D eigenvalue weighted by molar-refractivity contribution is -0.146. The molecule has 0 unspecified atom stereocenters. The maximum absolute atomic E-state index is 13.0. The van der Waals surface area contributed by atoms with E-state index in [-0.39, 0.29) is 17.9 Å². The molecular weight excluding hydrogens is 688 g/mol. The van der Waals surface area contributed by atoms with Crippen molar-refractivity contribution in [2.75, 3.05) is 7.11 Å². The summed E-state index contributed by atoms with van der Waals surface area (Å²) in [5.74, 6) is 0.0689. The van der Waals surface area contributed by atoms with Gasteiger partial charge in [-0.1, -0.05) is 91.9 Å². The van der Waals surface area contributed by atoms with Gasteiger partial charge >= 0.3 is 12.1 Å². The van der Waals surface area contributed by atoms with Crippen molar-refractivity contribution < 1.29 is 19.1 Å². The van der Waals surface area contributed by atoms with Gasteiger partial charge in [0.15, 0.2) is 6.04 Å². The molecule has 16 heteroatoms. The van der Waals surface area contributed by atoms with E-state index in [2.05, 4.69) is 41.1 Å². The van der Waals surface area contributed by atoms with Crippen molar-refractivity contribution in [1.29, 1.82) is 0 Å². The highest BCUT2D eigenvalue weighted by molar-refractivity contribution is 5.74. The van der Waals surface area contributed by atoms with Crippen LogP contribution in [0.25, 0.3) is 0 Å². The van der Waals surface area contributed by atoms with E-state index in [9.17, 15) is 9.59 Å². The molecule has 0 bridgehead atoms. The minimum absolute atomic E-state index is 0.0517. The number of H-pyrrole nitrogens is 1. The molecule has 1 aliphatic rings. The Labute approximate surface area is 315 Å². The molecule has 54 heavy (non-hydrogen) atoms. The highest BCUT2D eigenvalue weighted by atomic mass is 16.6. The van der Waals surface area contributed by atoms with E-state index in [1.54, 1.807) is 21.9 Å². The third kappa shape index (κ3) is 9.76. The maximum atomic E-state index is 13.0. The number of carbonyl (C=O) groups is 2. The van der Waals surface area contributed by atoms with Gasteiger partial charge in [-0.25, -0.2) is 28.6 Å². The lowest BCUT2D eigenvalue weighted by atomic mass is 9.84. The summed E-state index contributed by atoms with van der Waals surface area (Å²) in [5, 5.41) is 30.5. The molecule has 288 valence electrons. The Bertz CT molecular complexity index is 1920. The normalized spacial score (nSPS) is 16.1.